The van der Waals surface area contributed by atoms with Gasteiger partial charge in [-0.15, -0.1) is 12.4 Å². The number of nitrogens with zero attached hydrogens (tertiary/aromatic N) is 1. The minimum atomic E-state index is -3.35. The maximum Gasteiger partial charge on any atom is 0.238 e. The van der Waals surface area contributed by atoms with Gasteiger partial charge in [-0.1, -0.05) is 0 Å². The van der Waals surface area contributed by atoms with E-state index in [4.69, 9.17) is 4.74 Å². The number of piperazine rings is 1. The van der Waals surface area contributed by atoms with Crippen LogP contribution in [0, 0.1) is 0 Å². The van der Waals surface area contributed by atoms with Gasteiger partial charge < -0.3 is 15.0 Å². The highest BCUT2D eigenvalue weighted by atomic mass is 35.5. The first kappa shape index (κ1) is 17.6. The number of rotatable bonds is 5. The second kappa shape index (κ2) is 7.93. The number of halogens is 1. The van der Waals surface area contributed by atoms with E-state index in [0.717, 1.165) is 0 Å². The van der Waals surface area contributed by atoms with Crippen molar-refractivity contribution in [2.75, 3.05) is 44.9 Å². The average molecular weight is 301 g/mol. The van der Waals surface area contributed by atoms with Crippen molar-refractivity contribution < 1.29 is 17.9 Å². The van der Waals surface area contributed by atoms with Crippen LogP contribution in [0.2, 0.25) is 0 Å². The van der Waals surface area contributed by atoms with Gasteiger partial charge in [0.1, 0.15) is 5.75 Å². The average Bonchev–Trinajstić information content (AvgIpc) is 2.26. The predicted octanol–water partition coefficient (Wildman–Crippen LogP) is -0.710. The largest absolute Gasteiger partial charge is 0.384 e. The summed E-state index contributed by atoms with van der Waals surface area (Å²) in [5.74, 6) is -0.828. The molecule has 0 aromatic rings. The Morgan fingerprint density at radius 1 is 1.50 bits per heavy atom. The SMILES string of the molecule is COCCS(=O)(=O)CC(=O)N1CCNC[C@@H]1C.Cl. The summed E-state index contributed by atoms with van der Waals surface area (Å²) in [6, 6.07) is 0.0499. The van der Waals surface area contributed by atoms with E-state index in [-0.39, 0.29) is 36.7 Å². The molecule has 1 fully saturated rings. The lowest BCUT2D eigenvalue weighted by Gasteiger charge is -2.33. The van der Waals surface area contributed by atoms with Crippen molar-refractivity contribution in [1.29, 1.82) is 0 Å². The molecule has 0 bridgehead atoms. The molecule has 0 radical (unpaired) electrons. The van der Waals surface area contributed by atoms with Crippen molar-refractivity contribution >= 4 is 28.2 Å². The van der Waals surface area contributed by atoms with Crippen molar-refractivity contribution in [2.24, 2.45) is 0 Å². The molecular weight excluding hydrogens is 280 g/mol. The van der Waals surface area contributed by atoms with Gasteiger partial charge >= 0.3 is 0 Å². The van der Waals surface area contributed by atoms with E-state index in [2.05, 4.69) is 5.32 Å². The number of hydrogen-bond donors (Lipinski definition) is 1. The fraction of sp³-hybridized carbons (Fsp3) is 0.900. The van der Waals surface area contributed by atoms with Gasteiger partial charge in [0.2, 0.25) is 5.91 Å². The van der Waals surface area contributed by atoms with E-state index in [1.54, 1.807) is 4.90 Å². The van der Waals surface area contributed by atoms with E-state index in [1.807, 2.05) is 6.92 Å². The second-order valence-electron chi connectivity index (χ2n) is 4.23. The molecule has 0 unspecified atom stereocenters. The third-order valence-corrected chi connectivity index (χ3v) is 4.24. The topological polar surface area (TPSA) is 75.7 Å². The molecule has 8 heteroatoms. The van der Waals surface area contributed by atoms with Gasteiger partial charge in [-0.25, -0.2) is 8.42 Å². The van der Waals surface area contributed by atoms with Gasteiger partial charge in [0.15, 0.2) is 9.84 Å². The lowest BCUT2D eigenvalue weighted by molar-refractivity contribution is -0.131. The molecule has 0 aromatic carbocycles. The normalized spacial score (nSPS) is 20.3. The Morgan fingerprint density at radius 3 is 2.72 bits per heavy atom. The van der Waals surface area contributed by atoms with Crippen LogP contribution < -0.4 is 5.32 Å². The van der Waals surface area contributed by atoms with E-state index in [1.165, 1.54) is 7.11 Å². The predicted molar refractivity (Wildman–Crippen MR) is 71.8 cm³/mol. The van der Waals surface area contributed by atoms with Crippen LogP contribution in [0.4, 0.5) is 0 Å². The zero-order valence-corrected chi connectivity index (χ0v) is 12.3. The van der Waals surface area contributed by atoms with Crippen molar-refractivity contribution in [3.63, 3.8) is 0 Å². The van der Waals surface area contributed by atoms with E-state index >= 15 is 0 Å². The molecule has 0 aliphatic carbocycles. The zero-order chi connectivity index (χ0) is 12.9. The standard InChI is InChI=1S/C10H20N2O4S.ClH/c1-9-7-11-3-4-12(9)10(13)8-17(14,15)6-5-16-2;/h9,11H,3-8H2,1-2H3;1H/t9-;/m0./s1. The van der Waals surface area contributed by atoms with Gasteiger partial charge in [0.05, 0.1) is 12.4 Å². The third kappa shape index (κ3) is 5.51. The third-order valence-electron chi connectivity index (χ3n) is 2.76. The highest BCUT2D eigenvalue weighted by Crippen LogP contribution is 2.05. The zero-order valence-electron chi connectivity index (χ0n) is 10.7. The Morgan fingerprint density at radius 2 is 2.17 bits per heavy atom. The van der Waals surface area contributed by atoms with Gasteiger partial charge in [-0.3, -0.25) is 4.79 Å². The van der Waals surface area contributed by atoms with Crippen molar-refractivity contribution in [3.05, 3.63) is 0 Å². The molecule has 1 aliphatic heterocycles. The maximum atomic E-state index is 11.9. The van der Waals surface area contributed by atoms with Crippen LogP contribution in [0.5, 0.6) is 0 Å². The second-order valence-corrected chi connectivity index (χ2v) is 6.41. The first-order chi connectivity index (χ1) is 7.96. The molecule has 108 valence electrons. The van der Waals surface area contributed by atoms with E-state index in [0.29, 0.717) is 19.6 Å². The lowest BCUT2D eigenvalue weighted by atomic mass is 10.2. The molecular formula is C10H21ClN2O4S. The summed E-state index contributed by atoms with van der Waals surface area (Å²) >= 11 is 0. The van der Waals surface area contributed by atoms with Crippen LogP contribution >= 0.6 is 12.4 Å². The first-order valence-electron chi connectivity index (χ1n) is 5.66. The number of hydrogen-bond acceptors (Lipinski definition) is 5. The highest BCUT2D eigenvalue weighted by molar-refractivity contribution is 7.92. The van der Waals surface area contributed by atoms with Gasteiger partial charge in [-0.2, -0.15) is 0 Å². The summed E-state index contributed by atoms with van der Waals surface area (Å²) < 4.78 is 27.9. The van der Waals surface area contributed by atoms with Crippen molar-refractivity contribution in [3.8, 4) is 0 Å². The fourth-order valence-corrected chi connectivity index (χ4v) is 2.87. The molecule has 1 rings (SSSR count). The molecule has 1 aliphatic rings. The molecule has 0 saturated carbocycles. The summed E-state index contributed by atoms with van der Waals surface area (Å²) in [4.78, 5) is 13.5. The molecule has 6 nitrogen and oxygen atoms in total. The number of amides is 1. The van der Waals surface area contributed by atoms with Crippen LogP contribution in [0.1, 0.15) is 6.92 Å². The van der Waals surface area contributed by atoms with Crippen LogP contribution in [-0.2, 0) is 19.4 Å². The monoisotopic (exact) mass is 300 g/mol. The number of ether oxygens (including phenoxy) is 1. The Hall–Kier alpha value is -0.370. The van der Waals surface area contributed by atoms with E-state index < -0.39 is 15.6 Å². The Bertz CT molecular complexity index is 361. The maximum absolute atomic E-state index is 11.9. The van der Waals surface area contributed by atoms with Crippen molar-refractivity contribution in [2.45, 2.75) is 13.0 Å². The molecule has 0 spiro atoms. The molecule has 18 heavy (non-hydrogen) atoms. The van der Waals surface area contributed by atoms with E-state index in [9.17, 15) is 13.2 Å². The number of methoxy groups -OCH3 is 1. The number of nitrogens with one attached hydrogen (secondary N) is 1. The lowest BCUT2D eigenvalue weighted by Crippen LogP contribution is -2.53. The van der Waals surface area contributed by atoms with Gasteiger partial charge in [0, 0.05) is 32.8 Å². The molecule has 0 aromatic heterocycles. The van der Waals surface area contributed by atoms with Gasteiger partial charge in [-0.05, 0) is 6.92 Å². The number of sulfone groups is 1. The molecule has 1 heterocycles. The number of carbonyl (C=O) groups excluding carboxylic acids is 1. The minimum absolute atomic E-state index is 0. The summed E-state index contributed by atoms with van der Waals surface area (Å²) in [7, 11) is -1.91. The minimum Gasteiger partial charge on any atom is -0.384 e. The van der Waals surface area contributed by atoms with Crippen LogP contribution in [0.15, 0.2) is 0 Å². The molecule has 1 amide bonds. The summed E-state index contributed by atoms with van der Waals surface area (Å²) in [5, 5.41) is 3.15. The fourth-order valence-electron chi connectivity index (χ4n) is 1.77. The Labute approximate surface area is 114 Å². The van der Waals surface area contributed by atoms with Crippen LogP contribution in [-0.4, -0.2) is 70.1 Å². The Kier molecular flexibility index (Phi) is 7.77. The molecule has 1 N–H and O–H groups in total. The Balaban J connectivity index is 0.00000289. The molecule has 1 saturated heterocycles. The highest BCUT2D eigenvalue weighted by Gasteiger charge is 2.26. The van der Waals surface area contributed by atoms with Crippen LogP contribution in [0.3, 0.4) is 0 Å². The quantitative estimate of drug-likeness (QED) is 0.726. The summed E-state index contributed by atoms with van der Waals surface area (Å²) in [6.07, 6.45) is 0. The van der Waals surface area contributed by atoms with Crippen LogP contribution in [0.25, 0.3) is 0 Å². The molecule has 1 atom stereocenters. The summed E-state index contributed by atoms with van der Waals surface area (Å²) in [5.41, 5.74) is 0. The number of carbonyl (C=O) groups is 1. The first-order valence-corrected chi connectivity index (χ1v) is 7.48. The van der Waals surface area contributed by atoms with Crippen molar-refractivity contribution in [1.82, 2.24) is 10.2 Å². The smallest absolute Gasteiger partial charge is 0.238 e. The summed E-state index contributed by atoms with van der Waals surface area (Å²) in [6.45, 7) is 4.04. The van der Waals surface area contributed by atoms with Gasteiger partial charge in [0.25, 0.3) is 0 Å².